The van der Waals surface area contributed by atoms with Crippen LogP contribution in [0.4, 0.5) is 0 Å². The molecule has 6 nitrogen and oxygen atoms in total. The van der Waals surface area contributed by atoms with Crippen molar-refractivity contribution in [3.8, 4) is 0 Å². The molecule has 0 radical (unpaired) electrons. The summed E-state index contributed by atoms with van der Waals surface area (Å²) in [5, 5.41) is 15.6. The zero-order valence-electron chi connectivity index (χ0n) is 11.1. The summed E-state index contributed by atoms with van der Waals surface area (Å²) in [6, 6.07) is 0.0387. The Morgan fingerprint density at radius 2 is 1.89 bits per heavy atom. The van der Waals surface area contributed by atoms with Gasteiger partial charge in [0.1, 0.15) is 11.3 Å². The van der Waals surface area contributed by atoms with E-state index in [-0.39, 0.29) is 17.9 Å². The number of nitrogens with zero attached hydrogens (tertiary/aromatic N) is 1. The molecule has 1 aliphatic rings. The molecule has 19 heavy (non-hydrogen) atoms. The van der Waals surface area contributed by atoms with E-state index >= 15 is 0 Å². The number of carbonyl (C=O) groups excluding carboxylic acids is 1. The minimum Gasteiger partial charge on any atom is -0.481 e. The molecule has 0 bridgehead atoms. The molecule has 6 heteroatoms. The van der Waals surface area contributed by atoms with Crippen molar-refractivity contribution in [3.05, 3.63) is 17.0 Å². The first-order chi connectivity index (χ1) is 8.99. The molecule has 1 aromatic heterocycles. The molecule has 1 amide bonds. The predicted octanol–water partition coefficient (Wildman–Crippen LogP) is 1.66. The van der Waals surface area contributed by atoms with E-state index in [0.717, 1.165) is 0 Å². The first-order valence-corrected chi connectivity index (χ1v) is 6.45. The molecule has 0 spiro atoms. The minimum absolute atomic E-state index is 0.0387. The van der Waals surface area contributed by atoms with Gasteiger partial charge < -0.3 is 14.9 Å². The molecule has 1 aliphatic carbocycles. The molecule has 104 valence electrons. The number of hydrogen-bond acceptors (Lipinski definition) is 4. The fraction of sp³-hybridized carbons (Fsp3) is 0.615. The molecule has 0 saturated heterocycles. The van der Waals surface area contributed by atoms with Crippen molar-refractivity contribution in [3.63, 3.8) is 0 Å². The lowest BCUT2D eigenvalue weighted by Crippen LogP contribution is -2.39. The molecule has 1 aromatic rings. The number of aliphatic carboxylic acids is 1. The summed E-state index contributed by atoms with van der Waals surface area (Å²) in [5.41, 5.74) is 1.06. The van der Waals surface area contributed by atoms with Gasteiger partial charge in [0, 0.05) is 6.04 Å². The van der Waals surface area contributed by atoms with E-state index in [1.54, 1.807) is 13.8 Å². The Hall–Kier alpha value is -1.85. The first kappa shape index (κ1) is 13.6. The van der Waals surface area contributed by atoms with Gasteiger partial charge in [-0.1, -0.05) is 5.16 Å². The van der Waals surface area contributed by atoms with Gasteiger partial charge in [0.2, 0.25) is 0 Å². The maximum Gasteiger partial charge on any atom is 0.306 e. The van der Waals surface area contributed by atoms with E-state index in [0.29, 0.717) is 42.7 Å². The van der Waals surface area contributed by atoms with Crippen molar-refractivity contribution in [1.29, 1.82) is 0 Å². The largest absolute Gasteiger partial charge is 0.481 e. The van der Waals surface area contributed by atoms with E-state index in [9.17, 15) is 9.59 Å². The Balaban J connectivity index is 1.93. The Morgan fingerprint density at radius 1 is 1.26 bits per heavy atom. The van der Waals surface area contributed by atoms with E-state index < -0.39 is 5.97 Å². The molecule has 0 unspecified atom stereocenters. The van der Waals surface area contributed by atoms with E-state index in [4.69, 9.17) is 9.63 Å². The SMILES string of the molecule is Cc1noc(C)c1C(=O)NC1CCC(C(=O)O)CC1. The topological polar surface area (TPSA) is 92.4 Å². The summed E-state index contributed by atoms with van der Waals surface area (Å²) < 4.78 is 4.97. The smallest absolute Gasteiger partial charge is 0.306 e. The van der Waals surface area contributed by atoms with Gasteiger partial charge in [-0.2, -0.15) is 0 Å². The Bertz CT molecular complexity index is 467. The second kappa shape index (κ2) is 5.42. The van der Waals surface area contributed by atoms with Crippen LogP contribution in [-0.4, -0.2) is 28.2 Å². The van der Waals surface area contributed by atoms with Gasteiger partial charge in [0.15, 0.2) is 0 Å². The number of amides is 1. The Labute approximate surface area is 111 Å². The molecule has 0 atom stereocenters. The number of aromatic nitrogens is 1. The molecule has 2 rings (SSSR count). The quantitative estimate of drug-likeness (QED) is 0.868. The second-order valence-electron chi connectivity index (χ2n) is 5.06. The molecule has 1 heterocycles. The average Bonchev–Trinajstić information content (AvgIpc) is 2.69. The van der Waals surface area contributed by atoms with Crippen LogP contribution in [0.3, 0.4) is 0 Å². The van der Waals surface area contributed by atoms with Gasteiger partial charge in [0.05, 0.1) is 11.6 Å². The van der Waals surface area contributed by atoms with Crippen LogP contribution in [0.15, 0.2) is 4.52 Å². The third kappa shape index (κ3) is 2.94. The Morgan fingerprint density at radius 3 is 2.37 bits per heavy atom. The van der Waals surface area contributed by atoms with Crippen molar-refractivity contribution < 1.29 is 19.2 Å². The lowest BCUT2D eigenvalue weighted by molar-refractivity contribution is -0.142. The highest BCUT2D eigenvalue weighted by Crippen LogP contribution is 2.25. The van der Waals surface area contributed by atoms with Gasteiger partial charge >= 0.3 is 5.97 Å². The van der Waals surface area contributed by atoms with E-state index in [1.165, 1.54) is 0 Å². The molecule has 0 aromatic carbocycles. The van der Waals surface area contributed by atoms with Crippen LogP contribution in [0.25, 0.3) is 0 Å². The number of hydrogen-bond donors (Lipinski definition) is 2. The van der Waals surface area contributed by atoms with Crippen LogP contribution in [-0.2, 0) is 4.79 Å². The van der Waals surface area contributed by atoms with Gasteiger partial charge in [-0.15, -0.1) is 0 Å². The maximum atomic E-state index is 12.1. The summed E-state index contributed by atoms with van der Waals surface area (Å²) >= 11 is 0. The van der Waals surface area contributed by atoms with Crippen LogP contribution < -0.4 is 5.32 Å². The van der Waals surface area contributed by atoms with Crippen LogP contribution in [0.2, 0.25) is 0 Å². The van der Waals surface area contributed by atoms with Gasteiger partial charge in [0.25, 0.3) is 5.91 Å². The fourth-order valence-corrected chi connectivity index (χ4v) is 2.55. The number of carboxylic acid groups (broad SMARTS) is 1. The van der Waals surface area contributed by atoms with Crippen LogP contribution >= 0.6 is 0 Å². The lowest BCUT2D eigenvalue weighted by Gasteiger charge is -2.26. The molecule has 1 fully saturated rings. The van der Waals surface area contributed by atoms with Crippen molar-refractivity contribution in [2.24, 2.45) is 5.92 Å². The fourth-order valence-electron chi connectivity index (χ4n) is 2.55. The van der Waals surface area contributed by atoms with Gasteiger partial charge in [-0.25, -0.2) is 0 Å². The zero-order valence-corrected chi connectivity index (χ0v) is 11.1. The normalized spacial score (nSPS) is 23.1. The Kier molecular flexibility index (Phi) is 3.87. The number of carbonyl (C=O) groups is 2. The molecule has 1 saturated carbocycles. The van der Waals surface area contributed by atoms with Crippen LogP contribution in [0.5, 0.6) is 0 Å². The number of rotatable bonds is 3. The summed E-state index contributed by atoms with van der Waals surface area (Å²) in [7, 11) is 0. The summed E-state index contributed by atoms with van der Waals surface area (Å²) in [6.07, 6.45) is 2.63. The van der Waals surface area contributed by atoms with Crippen molar-refractivity contribution in [2.75, 3.05) is 0 Å². The van der Waals surface area contributed by atoms with Gasteiger partial charge in [-0.3, -0.25) is 9.59 Å². The number of aryl methyl sites for hydroxylation is 2. The highest BCUT2D eigenvalue weighted by Gasteiger charge is 2.28. The minimum atomic E-state index is -0.740. The van der Waals surface area contributed by atoms with Crippen LogP contribution in [0, 0.1) is 19.8 Å². The number of carboxylic acids is 1. The molecular formula is C13H18N2O4. The zero-order chi connectivity index (χ0) is 14.0. The summed E-state index contributed by atoms with van der Waals surface area (Å²) in [6.45, 7) is 3.43. The van der Waals surface area contributed by atoms with E-state index in [2.05, 4.69) is 10.5 Å². The molecule has 2 N–H and O–H groups in total. The molecular weight excluding hydrogens is 248 g/mol. The first-order valence-electron chi connectivity index (χ1n) is 6.45. The highest BCUT2D eigenvalue weighted by molar-refractivity contribution is 5.96. The van der Waals surface area contributed by atoms with E-state index in [1.807, 2.05) is 0 Å². The number of nitrogens with one attached hydrogen (secondary N) is 1. The second-order valence-corrected chi connectivity index (χ2v) is 5.06. The van der Waals surface area contributed by atoms with Crippen molar-refractivity contribution in [1.82, 2.24) is 10.5 Å². The predicted molar refractivity (Wildman–Crippen MR) is 66.8 cm³/mol. The highest BCUT2D eigenvalue weighted by atomic mass is 16.5. The average molecular weight is 266 g/mol. The summed E-state index contributed by atoms with van der Waals surface area (Å²) in [4.78, 5) is 23.0. The standard InChI is InChI=1S/C13H18N2O4/c1-7-11(8(2)19-15-7)12(16)14-10-5-3-9(4-6-10)13(17)18/h9-10H,3-6H2,1-2H3,(H,14,16)(H,17,18). The molecule has 0 aliphatic heterocycles. The third-order valence-electron chi connectivity index (χ3n) is 3.67. The van der Waals surface area contributed by atoms with Crippen molar-refractivity contribution in [2.45, 2.75) is 45.6 Å². The van der Waals surface area contributed by atoms with Crippen LogP contribution in [0.1, 0.15) is 47.5 Å². The third-order valence-corrected chi connectivity index (χ3v) is 3.67. The monoisotopic (exact) mass is 266 g/mol. The van der Waals surface area contributed by atoms with Gasteiger partial charge in [-0.05, 0) is 39.5 Å². The lowest BCUT2D eigenvalue weighted by atomic mass is 9.86. The maximum absolute atomic E-state index is 12.1. The van der Waals surface area contributed by atoms with Crippen molar-refractivity contribution >= 4 is 11.9 Å². The summed E-state index contributed by atoms with van der Waals surface area (Å²) in [5.74, 6) is -0.688.